The lowest BCUT2D eigenvalue weighted by atomic mass is 10.2. The molecule has 0 bridgehead atoms. The number of methoxy groups -OCH3 is 1. The molecule has 0 radical (unpaired) electrons. The number of nitrogens with zero attached hydrogens (tertiary/aromatic N) is 3. The normalized spacial score (nSPS) is 10.6. The second-order valence-corrected chi connectivity index (χ2v) is 5.68. The van der Waals surface area contributed by atoms with Gasteiger partial charge < -0.3 is 20.3 Å². The van der Waals surface area contributed by atoms with Gasteiger partial charge in [-0.1, -0.05) is 12.1 Å². The second-order valence-electron chi connectivity index (χ2n) is 5.68. The molecule has 1 aromatic heterocycles. The van der Waals surface area contributed by atoms with Crippen LogP contribution in [-0.2, 0) is 6.54 Å². The number of aromatic nitrogens is 1. The lowest BCUT2D eigenvalue weighted by Gasteiger charge is -2.22. The first kappa shape index (κ1) is 22.7. The van der Waals surface area contributed by atoms with Crippen molar-refractivity contribution >= 4 is 35.8 Å². The summed E-state index contributed by atoms with van der Waals surface area (Å²) in [4.78, 5) is 22.2. The number of halogens is 1. The highest BCUT2D eigenvalue weighted by molar-refractivity contribution is 14.0. The summed E-state index contributed by atoms with van der Waals surface area (Å²) in [5.74, 6) is 1.46. The Morgan fingerprint density at radius 3 is 2.48 bits per heavy atom. The SMILES string of the molecule is CN=C(NCCNC(=O)c1cccnc1)N(C)Cc1ccc(OC)cc1.I. The molecule has 146 valence electrons. The number of pyridine rings is 1. The van der Waals surface area contributed by atoms with Crippen molar-refractivity contribution in [2.75, 3.05) is 34.3 Å². The number of carbonyl (C=O) groups excluding carboxylic acids is 1. The first-order valence-electron chi connectivity index (χ1n) is 8.37. The van der Waals surface area contributed by atoms with Gasteiger partial charge in [0.15, 0.2) is 5.96 Å². The zero-order chi connectivity index (χ0) is 18.8. The predicted molar refractivity (Wildman–Crippen MR) is 118 cm³/mol. The molecule has 0 saturated heterocycles. The molecule has 0 atom stereocenters. The average molecular weight is 483 g/mol. The number of rotatable bonds is 7. The van der Waals surface area contributed by atoms with E-state index in [0.717, 1.165) is 17.3 Å². The number of hydrogen-bond donors (Lipinski definition) is 2. The van der Waals surface area contributed by atoms with E-state index in [1.54, 1.807) is 38.7 Å². The fraction of sp³-hybridized carbons (Fsp3) is 0.316. The number of aliphatic imine (C=N–C) groups is 1. The molecule has 2 aromatic rings. The predicted octanol–water partition coefficient (Wildman–Crippen LogP) is 2.15. The molecule has 0 fully saturated rings. The van der Waals surface area contributed by atoms with Crippen molar-refractivity contribution in [2.45, 2.75) is 6.54 Å². The van der Waals surface area contributed by atoms with E-state index in [1.807, 2.05) is 36.2 Å². The van der Waals surface area contributed by atoms with Crippen LogP contribution in [0.1, 0.15) is 15.9 Å². The van der Waals surface area contributed by atoms with Crippen LogP contribution in [0.3, 0.4) is 0 Å². The molecule has 2 rings (SSSR count). The summed E-state index contributed by atoms with van der Waals surface area (Å²) < 4.78 is 5.17. The van der Waals surface area contributed by atoms with Crippen molar-refractivity contribution in [2.24, 2.45) is 4.99 Å². The Morgan fingerprint density at radius 2 is 1.89 bits per heavy atom. The summed E-state index contributed by atoms with van der Waals surface area (Å²) in [7, 11) is 5.36. The molecular formula is C19H26IN5O2. The van der Waals surface area contributed by atoms with Crippen LogP contribution in [0, 0.1) is 0 Å². The number of nitrogens with one attached hydrogen (secondary N) is 2. The van der Waals surface area contributed by atoms with Gasteiger partial charge in [-0.15, -0.1) is 24.0 Å². The molecule has 0 aliphatic heterocycles. The van der Waals surface area contributed by atoms with E-state index in [9.17, 15) is 4.79 Å². The Hall–Kier alpha value is -2.36. The molecule has 0 saturated carbocycles. The van der Waals surface area contributed by atoms with Crippen molar-refractivity contribution in [3.05, 3.63) is 59.9 Å². The number of benzene rings is 1. The smallest absolute Gasteiger partial charge is 0.252 e. The first-order valence-corrected chi connectivity index (χ1v) is 8.37. The quantitative estimate of drug-likeness (QED) is 0.273. The third-order valence-electron chi connectivity index (χ3n) is 3.77. The number of hydrogen-bond acceptors (Lipinski definition) is 4. The van der Waals surface area contributed by atoms with Gasteiger partial charge in [0.2, 0.25) is 0 Å². The second kappa shape index (κ2) is 12.1. The fourth-order valence-corrected chi connectivity index (χ4v) is 2.41. The van der Waals surface area contributed by atoms with E-state index in [-0.39, 0.29) is 29.9 Å². The number of amides is 1. The minimum Gasteiger partial charge on any atom is -0.497 e. The standard InChI is InChI=1S/C19H25N5O2.HI/c1-20-19(24(2)14-15-6-8-17(26-3)9-7-15)23-12-11-22-18(25)16-5-4-10-21-13-16;/h4-10,13H,11-12,14H2,1-3H3,(H,20,23)(H,22,25);1H. The van der Waals surface area contributed by atoms with Crippen LogP contribution < -0.4 is 15.4 Å². The van der Waals surface area contributed by atoms with Crippen molar-refractivity contribution in [3.63, 3.8) is 0 Å². The average Bonchev–Trinajstić information content (AvgIpc) is 2.69. The zero-order valence-corrected chi connectivity index (χ0v) is 18.1. The molecule has 8 heteroatoms. The zero-order valence-electron chi connectivity index (χ0n) is 15.8. The summed E-state index contributed by atoms with van der Waals surface area (Å²) in [5.41, 5.74) is 1.70. The Bertz CT molecular complexity index is 723. The Morgan fingerprint density at radius 1 is 1.19 bits per heavy atom. The molecule has 2 N–H and O–H groups in total. The van der Waals surface area contributed by atoms with Crippen molar-refractivity contribution < 1.29 is 9.53 Å². The highest BCUT2D eigenvalue weighted by Crippen LogP contribution is 2.12. The summed E-state index contributed by atoms with van der Waals surface area (Å²) in [6.45, 7) is 1.78. The Balaban J connectivity index is 0.00000364. The summed E-state index contributed by atoms with van der Waals surface area (Å²) in [5, 5.41) is 6.09. The molecule has 1 aromatic carbocycles. The molecule has 0 aliphatic rings. The highest BCUT2D eigenvalue weighted by Gasteiger charge is 2.08. The van der Waals surface area contributed by atoms with Gasteiger partial charge in [-0.3, -0.25) is 14.8 Å². The number of carbonyl (C=O) groups is 1. The van der Waals surface area contributed by atoms with Gasteiger partial charge in [-0.2, -0.15) is 0 Å². The van der Waals surface area contributed by atoms with Gasteiger partial charge in [0.1, 0.15) is 5.75 Å². The monoisotopic (exact) mass is 483 g/mol. The van der Waals surface area contributed by atoms with Gasteiger partial charge in [0.25, 0.3) is 5.91 Å². The summed E-state index contributed by atoms with van der Waals surface area (Å²) in [6.07, 6.45) is 3.19. The van der Waals surface area contributed by atoms with E-state index in [0.29, 0.717) is 25.2 Å². The minimum atomic E-state index is -0.138. The maximum Gasteiger partial charge on any atom is 0.252 e. The molecule has 0 unspecified atom stereocenters. The topological polar surface area (TPSA) is 78.8 Å². The lowest BCUT2D eigenvalue weighted by Crippen LogP contribution is -2.42. The van der Waals surface area contributed by atoms with Crippen LogP contribution in [0.25, 0.3) is 0 Å². The maximum absolute atomic E-state index is 12.0. The molecule has 1 amide bonds. The van der Waals surface area contributed by atoms with Crippen molar-refractivity contribution in [1.29, 1.82) is 0 Å². The highest BCUT2D eigenvalue weighted by atomic mass is 127. The van der Waals surface area contributed by atoms with Gasteiger partial charge in [0, 0.05) is 46.1 Å². The molecule has 7 nitrogen and oxygen atoms in total. The van der Waals surface area contributed by atoms with E-state index in [4.69, 9.17) is 4.74 Å². The molecule has 27 heavy (non-hydrogen) atoms. The minimum absolute atomic E-state index is 0. The van der Waals surface area contributed by atoms with Crippen LogP contribution in [0.15, 0.2) is 53.8 Å². The van der Waals surface area contributed by atoms with Crippen LogP contribution in [-0.4, -0.2) is 56.0 Å². The Labute approximate surface area is 177 Å². The maximum atomic E-state index is 12.0. The molecule has 1 heterocycles. The van der Waals surface area contributed by atoms with E-state index in [2.05, 4.69) is 20.6 Å². The van der Waals surface area contributed by atoms with E-state index < -0.39 is 0 Å². The fourth-order valence-electron chi connectivity index (χ4n) is 2.41. The largest absolute Gasteiger partial charge is 0.497 e. The van der Waals surface area contributed by atoms with Gasteiger partial charge in [-0.25, -0.2) is 0 Å². The van der Waals surface area contributed by atoms with Crippen LogP contribution >= 0.6 is 24.0 Å². The molecule has 0 spiro atoms. The van der Waals surface area contributed by atoms with Crippen LogP contribution in [0.2, 0.25) is 0 Å². The van der Waals surface area contributed by atoms with Crippen molar-refractivity contribution in [1.82, 2.24) is 20.5 Å². The van der Waals surface area contributed by atoms with Crippen LogP contribution in [0.4, 0.5) is 0 Å². The number of ether oxygens (including phenoxy) is 1. The third-order valence-corrected chi connectivity index (χ3v) is 3.77. The van der Waals surface area contributed by atoms with Gasteiger partial charge in [-0.05, 0) is 29.8 Å². The third kappa shape index (κ3) is 7.41. The summed E-state index contributed by atoms with van der Waals surface area (Å²) in [6, 6.07) is 11.4. The van der Waals surface area contributed by atoms with E-state index in [1.165, 1.54) is 0 Å². The Kier molecular flexibility index (Phi) is 10.2. The van der Waals surface area contributed by atoms with Gasteiger partial charge >= 0.3 is 0 Å². The molecule has 0 aliphatic carbocycles. The van der Waals surface area contributed by atoms with Gasteiger partial charge in [0.05, 0.1) is 12.7 Å². The van der Waals surface area contributed by atoms with Crippen LogP contribution in [0.5, 0.6) is 5.75 Å². The van der Waals surface area contributed by atoms with Crippen molar-refractivity contribution in [3.8, 4) is 5.75 Å². The first-order chi connectivity index (χ1) is 12.6. The summed E-state index contributed by atoms with van der Waals surface area (Å²) >= 11 is 0. The number of guanidine groups is 1. The lowest BCUT2D eigenvalue weighted by molar-refractivity contribution is 0.0954. The molecular weight excluding hydrogens is 457 g/mol. The van der Waals surface area contributed by atoms with E-state index >= 15 is 0 Å².